The Hall–Kier alpha value is -1.55. The van der Waals surface area contributed by atoms with Gasteiger partial charge in [-0.15, -0.1) is 0 Å². The van der Waals surface area contributed by atoms with Crippen molar-refractivity contribution in [1.29, 1.82) is 0 Å². The molecule has 4 heteroatoms. The van der Waals surface area contributed by atoms with E-state index in [-0.39, 0.29) is 12.0 Å². The lowest BCUT2D eigenvalue weighted by Crippen LogP contribution is -2.31. The number of rotatable bonds is 4. The third-order valence-electron chi connectivity index (χ3n) is 3.18. The van der Waals surface area contributed by atoms with Gasteiger partial charge in [0, 0.05) is 12.5 Å². The summed E-state index contributed by atoms with van der Waals surface area (Å²) in [4.78, 5) is 11.4. The highest BCUT2D eigenvalue weighted by molar-refractivity contribution is 5.76. The van der Waals surface area contributed by atoms with Gasteiger partial charge in [-0.1, -0.05) is 12.1 Å². The summed E-state index contributed by atoms with van der Waals surface area (Å²) < 4.78 is 10.5. The van der Waals surface area contributed by atoms with Gasteiger partial charge in [-0.05, 0) is 31.0 Å². The molecule has 2 atom stereocenters. The van der Waals surface area contributed by atoms with Crippen LogP contribution in [-0.2, 0) is 9.53 Å². The molecule has 98 valence electrons. The van der Waals surface area contributed by atoms with Gasteiger partial charge in [0.15, 0.2) is 0 Å². The molecule has 0 amide bonds. The summed E-state index contributed by atoms with van der Waals surface area (Å²) in [5.41, 5.74) is 1.18. The molecule has 0 bridgehead atoms. The molecular formula is C14H19NO3. The Kier molecular flexibility index (Phi) is 4.20. The molecule has 0 spiro atoms. The molecule has 1 aromatic carbocycles. The Balaban J connectivity index is 1.80. The lowest BCUT2D eigenvalue weighted by molar-refractivity contribution is -0.142. The van der Waals surface area contributed by atoms with Crippen LogP contribution < -0.4 is 10.1 Å². The Morgan fingerprint density at radius 1 is 1.50 bits per heavy atom. The van der Waals surface area contributed by atoms with E-state index < -0.39 is 0 Å². The Labute approximate surface area is 107 Å². The maximum Gasteiger partial charge on any atom is 0.322 e. The number of hydrogen-bond donors (Lipinski definition) is 1. The van der Waals surface area contributed by atoms with E-state index in [1.54, 1.807) is 0 Å². The monoisotopic (exact) mass is 249 g/mol. The number of carbonyl (C=O) groups excluding carboxylic acids is 1. The fourth-order valence-corrected chi connectivity index (χ4v) is 2.18. The summed E-state index contributed by atoms with van der Waals surface area (Å²) in [6.45, 7) is 3.47. The van der Waals surface area contributed by atoms with Gasteiger partial charge in [0.25, 0.3) is 0 Å². The number of esters is 1. The highest BCUT2D eigenvalue weighted by atomic mass is 16.5. The topological polar surface area (TPSA) is 47.6 Å². The van der Waals surface area contributed by atoms with Crippen molar-refractivity contribution >= 4 is 5.97 Å². The average molecular weight is 249 g/mol. The maximum atomic E-state index is 11.4. The molecule has 0 aromatic heterocycles. The van der Waals surface area contributed by atoms with Crippen molar-refractivity contribution < 1.29 is 14.3 Å². The van der Waals surface area contributed by atoms with Crippen molar-refractivity contribution in [2.75, 3.05) is 20.3 Å². The molecule has 0 radical (unpaired) electrons. The predicted molar refractivity (Wildman–Crippen MR) is 68.6 cm³/mol. The van der Waals surface area contributed by atoms with Gasteiger partial charge in [-0.25, -0.2) is 0 Å². The summed E-state index contributed by atoms with van der Waals surface area (Å²) in [7, 11) is 1.42. The van der Waals surface area contributed by atoms with Crippen LogP contribution in [0.1, 0.15) is 12.0 Å². The van der Waals surface area contributed by atoms with Gasteiger partial charge < -0.3 is 14.8 Å². The average Bonchev–Trinajstić information content (AvgIpc) is 2.84. The Bertz CT molecular complexity index is 419. The second-order valence-electron chi connectivity index (χ2n) is 4.71. The zero-order valence-electron chi connectivity index (χ0n) is 10.8. The van der Waals surface area contributed by atoms with Crippen LogP contribution in [-0.4, -0.2) is 32.3 Å². The van der Waals surface area contributed by atoms with Gasteiger partial charge in [-0.3, -0.25) is 4.79 Å². The molecule has 1 aromatic rings. The normalized spacial score (nSPS) is 22.8. The van der Waals surface area contributed by atoms with E-state index in [0.717, 1.165) is 18.7 Å². The first-order valence-electron chi connectivity index (χ1n) is 6.19. The Morgan fingerprint density at radius 2 is 2.33 bits per heavy atom. The van der Waals surface area contributed by atoms with Gasteiger partial charge in [-0.2, -0.15) is 0 Å². The fraction of sp³-hybridized carbons (Fsp3) is 0.500. The molecule has 18 heavy (non-hydrogen) atoms. The van der Waals surface area contributed by atoms with Crippen LogP contribution in [0.25, 0.3) is 0 Å². The molecule has 1 aliphatic heterocycles. The van der Waals surface area contributed by atoms with Crippen LogP contribution in [0.4, 0.5) is 0 Å². The van der Waals surface area contributed by atoms with Crippen molar-refractivity contribution in [2.45, 2.75) is 19.4 Å². The molecular weight excluding hydrogens is 230 g/mol. The van der Waals surface area contributed by atoms with Crippen molar-refractivity contribution in [1.82, 2.24) is 5.32 Å². The van der Waals surface area contributed by atoms with Crippen LogP contribution in [0.2, 0.25) is 0 Å². The zero-order valence-corrected chi connectivity index (χ0v) is 10.8. The first-order valence-corrected chi connectivity index (χ1v) is 6.19. The highest BCUT2D eigenvalue weighted by Crippen LogP contribution is 2.18. The van der Waals surface area contributed by atoms with E-state index in [2.05, 4.69) is 5.32 Å². The number of methoxy groups -OCH3 is 1. The third-order valence-corrected chi connectivity index (χ3v) is 3.18. The van der Waals surface area contributed by atoms with Gasteiger partial charge in [0.2, 0.25) is 0 Å². The predicted octanol–water partition coefficient (Wildman–Crippen LogP) is 1.52. The third kappa shape index (κ3) is 3.23. The first kappa shape index (κ1) is 12.9. The summed E-state index contributed by atoms with van der Waals surface area (Å²) in [5, 5.41) is 3.15. The minimum absolute atomic E-state index is 0.180. The summed E-state index contributed by atoms with van der Waals surface area (Å²) in [6, 6.07) is 7.81. The van der Waals surface area contributed by atoms with Crippen molar-refractivity contribution in [2.24, 2.45) is 5.92 Å². The molecule has 1 heterocycles. The van der Waals surface area contributed by atoms with Crippen molar-refractivity contribution in [3.05, 3.63) is 29.8 Å². The van der Waals surface area contributed by atoms with E-state index >= 15 is 0 Å². The maximum absolute atomic E-state index is 11.4. The number of carbonyl (C=O) groups is 1. The molecule has 1 fully saturated rings. The van der Waals surface area contributed by atoms with E-state index in [1.165, 1.54) is 12.7 Å². The van der Waals surface area contributed by atoms with Gasteiger partial charge in [0.1, 0.15) is 11.8 Å². The van der Waals surface area contributed by atoms with E-state index in [4.69, 9.17) is 9.47 Å². The van der Waals surface area contributed by atoms with Crippen LogP contribution in [0.3, 0.4) is 0 Å². The lowest BCUT2D eigenvalue weighted by atomic mass is 10.1. The summed E-state index contributed by atoms with van der Waals surface area (Å²) in [6.07, 6.45) is 0.776. The number of ether oxygens (including phenoxy) is 2. The smallest absolute Gasteiger partial charge is 0.322 e. The van der Waals surface area contributed by atoms with E-state index in [9.17, 15) is 4.79 Å². The number of benzene rings is 1. The molecule has 4 nitrogen and oxygen atoms in total. The van der Waals surface area contributed by atoms with Gasteiger partial charge in [0.05, 0.1) is 13.7 Å². The fourth-order valence-electron chi connectivity index (χ4n) is 2.18. The first-order chi connectivity index (χ1) is 8.69. The minimum atomic E-state index is -0.187. The molecule has 0 unspecified atom stereocenters. The van der Waals surface area contributed by atoms with E-state index in [0.29, 0.717) is 12.5 Å². The second kappa shape index (κ2) is 5.87. The standard InChI is InChI=1S/C14H19NO3/c1-10-4-3-5-12(6-10)18-9-11-7-13(15-8-11)14(16)17-2/h3-6,11,13,15H,7-9H2,1-2H3/t11-,13+/m1/s1. The van der Waals surface area contributed by atoms with Crippen LogP contribution >= 0.6 is 0 Å². The van der Waals surface area contributed by atoms with Crippen molar-refractivity contribution in [3.63, 3.8) is 0 Å². The summed E-state index contributed by atoms with van der Waals surface area (Å²) in [5.74, 6) is 1.05. The molecule has 2 rings (SSSR count). The quantitative estimate of drug-likeness (QED) is 0.822. The molecule has 1 saturated heterocycles. The van der Waals surface area contributed by atoms with Crippen LogP contribution in [0.5, 0.6) is 5.75 Å². The zero-order chi connectivity index (χ0) is 13.0. The number of hydrogen-bond acceptors (Lipinski definition) is 4. The number of nitrogens with one attached hydrogen (secondary N) is 1. The highest BCUT2D eigenvalue weighted by Gasteiger charge is 2.30. The lowest BCUT2D eigenvalue weighted by Gasteiger charge is -2.11. The van der Waals surface area contributed by atoms with E-state index in [1.807, 2.05) is 31.2 Å². The minimum Gasteiger partial charge on any atom is -0.493 e. The Morgan fingerprint density at radius 3 is 3.06 bits per heavy atom. The van der Waals surface area contributed by atoms with Crippen LogP contribution in [0.15, 0.2) is 24.3 Å². The number of aryl methyl sites for hydroxylation is 1. The SMILES string of the molecule is COC(=O)[C@@H]1C[C@@H](COc2cccc(C)c2)CN1. The molecule has 1 aliphatic rings. The second-order valence-corrected chi connectivity index (χ2v) is 4.71. The molecule has 0 aliphatic carbocycles. The molecule has 1 N–H and O–H groups in total. The summed E-state index contributed by atoms with van der Waals surface area (Å²) >= 11 is 0. The van der Waals surface area contributed by atoms with Gasteiger partial charge >= 0.3 is 5.97 Å². The van der Waals surface area contributed by atoms with Crippen molar-refractivity contribution in [3.8, 4) is 5.75 Å². The molecule has 0 saturated carbocycles. The van der Waals surface area contributed by atoms with Crippen LogP contribution in [0, 0.1) is 12.8 Å². The largest absolute Gasteiger partial charge is 0.493 e.